The van der Waals surface area contributed by atoms with Gasteiger partial charge in [0, 0.05) is 17.9 Å². The Labute approximate surface area is 181 Å². The molecule has 0 radical (unpaired) electrons. The first kappa shape index (κ1) is 20.4. The van der Waals surface area contributed by atoms with Crippen LogP contribution in [-0.4, -0.2) is 37.3 Å². The Hall–Kier alpha value is -2.92. The van der Waals surface area contributed by atoms with E-state index < -0.39 is 0 Å². The highest BCUT2D eigenvalue weighted by Crippen LogP contribution is 2.45. The van der Waals surface area contributed by atoms with Crippen LogP contribution in [0.1, 0.15) is 28.0 Å². The number of methoxy groups -OCH3 is 2. The molecular weight excluding hydrogens is 394 g/mol. The minimum Gasteiger partial charge on any atom is -0.497 e. The Morgan fingerprint density at radius 3 is 2.13 bits per heavy atom. The lowest BCUT2D eigenvalue weighted by Gasteiger charge is -2.30. The molecule has 0 aliphatic carbocycles. The third kappa shape index (κ3) is 4.03. The molecule has 1 unspecified atom stereocenters. The maximum atomic E-state index is 13.9. The van der Waals surface area contributed by atoms with Crippen LogP contribution in [-0.2, 0) is 4.79 Å². The number of amides is 1. The molecule has 0 spiro atoms. The molecule has 5 heteroatoms. The maximum Gasteiger partial charge on any atom is 0.235 e. The monoisotopic (exact) mass is 419 g/mol. The lowest BCUT2D eigenvalue weighted by atomic mass is 9.90. The summed E-state index contributed by atoms with van der Waals surface area (Å²) in [5.74, 6) is 2.17. The molecule has 4 nitrogen and oxygen atoms in total. The second-order valence-corrected chi connectivity index (χ2v) is 8.31. The summed E-state index contributed by atoms with van der Waals surface area (Å²) in [6.07, 6.45) is 0. The fraction of sp³-hybridized carbons (Fsp3) is 0.240. The summed E-state index contributed by atoms with van der Waals surface area (Å²) in [7, 11) is 3.31. The summed E-state index contributed by atoms with van der Waals surface area (Å²) in [5.41, 5.74) is 2.97. The van der Waals surface area contributed by atoms with Gasteiger partial charge in [-0.1, -0.05) is 60.7 Å². The summed E-state index contributed by atoms with van der Waals surface area (Å²) < 4.78 is 11.0. The standard InChI is InChI=1S/C25H25NO3S/c1-28-20-13-14-22(29-2)21(17-20)25-26(15-16-30-25)24(27)23(18-9-5-3-6-10-18)19-11-7-4-8-12-19/h3-14,17,23,25H,15-16H2,1-2H3. The SMILES string of the molecule is COc1ccc(OC)c(C2SCCN2C(=O)C(c2ccccc2)c2ccccc2)c1. The number of rotatable bonds is 6. The van der Waals surface area contributed by atoms with E-state index in [1.165, 1.54) is 0 Å². The van der Waals surface area contributed by atoms with E-state index in [9.17, 15) is 4.79 Å². The van der Waals surface area contributed by atoms with Crippen molar-refractivity contribution >= 4 is 17.7 Å². The van der Waals surface area contributed by atoms with Crippen LogP contribution in [0, 0.1) is 0 Å². The first-order valence-corrected chi connectivity index (χ1v) is 11.0. The molecule has 1 amide bonds. The molecular formula is C25H25NO3S. The van der Waals surface area contributed by atoms with Gasteiger partial charge in [-0.25, -0.2) is 0 Å². The molecule has 30 heavy (non-hydrogen) atoms. The van der Waals surface area contributed by atoms with Gasteiger partial charge >= 0.3 is 0 Å². The molecule has 4 rings (SSSR count). The predicted octanol–water partition coefficient (Wildman–Crippen LogP) is 5.11. The molecule has 3 aromatic rings. The van der Waals surface area contributed by atoms with Crippen LogP contribution in [0.4, 0.5) is 0 Å². The number of thioether (sulfide) groups is 1. The molecule has 0 N–H and O–H groups in total. The molecule has 1 aliphatic heterocycles. The van der Waals surface area contributed by atoms with Crippen LogP contribution in [0.3, 0.4) is 0 Å². The average Bonchev–Trinajstić information content (AvgIpc) is 3.30. The summed E-state index contributed by atoms with van der Waals surface area (Å²) in [5, 5.41) is -0.113. The van der Waals surface area contributed by atoms with Gasteiger partial charge in [-0.05, 0) is 29.3 Å². The van der Waals surface area contributed by atoms with Crippen molar-refractivity contribution in [2.75, 3.05) is 26.5 Å². The fourth-order valence-electron chi connectivity index (χ4n) is 3.92. The van der Waals surface area contributed by atoms with E-state index in [1.54, 1.807) is 26.0 Å². The molecule has 3 aromatic carbocycles. The predicted molar refractivity (Wildman–Crippen MR) is 121 cm³/mol. The van der Waals surface area contributed by atoms with Gasteiger partial charge in [-0.2, -0.15) is 0 Å². The zero-order valence-electron chi connectivity index (χ0n) is 17.2. The third-order valence-corrected chi connectivity index (χ3v) is 6.63. The van der Waals surface area contributed by atoms with Crippen LogP contribution in [0.25, 0.3) is 0 Å². The van der Waals surface area contributed by atoms with Crippen molar-refractivity contribution in [1.29, 1.82) is 0 Å². The molecule has 0 bridgehead atoms. The second-order valence-electron chi connectivity index (χ2n) is 7.12. The number of benzene rings is 3. The van der Waals surface area contributed by atoms with Crippen molar-refractivity contribution in [1.82, 2.24) is 4.90 Å². The van der Waals surface area contributed by atoms with E-state index in [1.807, 2.05) is 83.8 Å². The quantitative estimate of drug-likeness (QED) is 0.557. The fourth-order valence-corrected chi connectivity index (χ4v) is 5.20. The number of hydrogen-bond donors (Lipinski definition) is 0. The highest BCUT2D eigenvalue weighted by atomic mass is 32.2. The Balaban J connectivity index is 1.73. The van der Waals surface area contributed by atoms with E-state index in [4.69, 9.17) is 9.47 Å². The smallest absolute Gasteiger partial charge is 0.235 e. The largest absolute Gasteiger partial charge is 0.497 e. The van der Waals surface area contributed by atoms with Gasteiger partial charge < -0.3 is 14.4 Å². The average molecular weight is 420 g/mol. The topological polar surface area (TPSA) is 38.8 Å². The highest BCUT2D eigenvalue weighted by molar-refractivity contribution is 7.99. The van der Waals surface area contributed by atoms with Crippen molar-refractivity contribution in [3.05, 3.63) is 95.6 Å². The van der Waals surface area contributed by atoms with Crippen molar-refractivity contribution in [3.63, 3.8) is 0 Å². The molecule has 0 aromatic heterocycles. The number of nitrogens with zero attached hydrogens (tertiary/aromatic N) is 1. The number of carbonyl (C=O) groups is 1. The highest BCUT2D eigenvalue weighted by Gasteiger charge is 2.37. The zero-order valence-corrected chi connectivity index (χ0v) is 18.0. The Morgan fingerprint density at radius 2 is 1.57 bits per heavy atom. The molecule has 1 fully saturated rings. The van der Waals surface area contributed by atoms with E-state index in [0.29, 0.717) is 6.54 Å². The van der Waals surface area contributed by atoms with E-state index >= 15 is 0 Å². The molecule has 1 heterocycles. The maximum absolute atomic E-state index is 13.9. The van der Waals surface area contributed by atoms with Crippen molar-refractivity contribution in [3.8, 4) is 11.5 Å². The third-order valence-electron chi connectivity index (χ3n) is 5.39. The van der Waals surface area contributed by atoms with E-state index in [2.05, 4.69) is 0 Å². The van der Waals surface area contributed by atoms with Gasteiger partial charge in [0.25, 0.3) is 0 Å². The minimum atomic E-state index is -0.342. The molecule has 1 saturated heterocycles. The Morgan fingerprint density at radius 1 is 0.933 bits per heavy atom. The van der Waals surface area contributed by atoms with Crippen molar-refractivity contribution in [2.45, 2.75) is 11.3 Å². The van der Waals surface area contributed by atoms with Crippen LogP contribution in [0.5, 0.6) is 11.5 Å². The molecule has 1 aliphatic rings. The Kier molecular flexibility index (Phi) is 6.29. The van der Waals surface area contributed by atoms with Gasteiger partial charge in [0.05, 0.1) is 20.1 Å². The van der Waals surface area contributed by atoms with E-state index in [-0.39, 0.29) is 17.2 Å². The van der Waals surface area contributed by atoms with Crippen LogP contribution in [0.15, 0.2) is 78.9 Å². The summed E-state index contributed by atoms with van der Waals surface area (Å²) in [6.45, 7) is 0.699. The van der Waals surface area contributed by atoms with Crippen LogP contribution in [0.2, 0.25) is 0 Å². The molecule has 1 atom stereocenters. The normalized spacial score (nSPS) is 16.0. The zero-order chi connectivity index (χ0) is 20.9. The first-order valence-electron chi connectivity index (χ1n) is 9.97. The first-order chi connectivity index (χ1) is 14.7. The molecule has 154 valence electrons. The van der Waals surface area contributed by atoms with Crippen molar-refractivity contribution < 1.29 is 14.3 Å². The van der Waals surface area contributed by atoms with Crippen molar-refractivity contribution in [2.24, 2.45) is 0 Å². The number of ether oxygens (including phenoxy) is 2. The number of hydrogen-bond acceptors (Lipinski definition) is 4. The minimum absolute atomic E-state index is 0.104. The lowest BCUT2D eigenvalue weighted by molar-refractivity contribution is -0.132. The van der Waals surface area contributed by atoms with Gasteiger partial charge in [-0.15, -0.1) is 11.8 Å². The lowest BCUT2D eigenvalue weighted by Crippen LogP contribution is -2.35. The summed E-state index contributed by atoms with van der Waals surface area (Å²) >= 11 is 1.76. The van der Waals surface area contributed by atoms with Gasteiger partial charge in [-0.3, -0.25) is 4.79 Å². The second kappa shape index (κ2) is 9.26. The van der Waals surface area contributed by atoms with Gasteiger partial charge in [0.1, 0.15) is 16.9 Å². The van der Waals surface area contributed by atoms with Gasteiger partial charge in [0.2, 0.25) is 5.91 Å². The van der Waals surface area contributed by atoms with Crippen LogP contribution >= 0.6 is 11.8 Å². The van der Waals surface area contributed by atoms with Gasteiger partial charge in [0.15, 0.2) is 0 Å². The van der Waals surface area contributed by atoms with Crippen LogP contribution < -0.4 is 9.47 Å². The summed E-state index contributed by atoms with van der Waals surface area (Å²) in [6, 6.07) is 25.8. The Bertz CT molecular complexity index is 954. The molecule has 0 saturated carbocycles. The summed E-state index contributed by atoms with van der Waals surface area (Å²) in [4.78, 5) is 15.9. The number of carbonyl (C=O) groups excluding carboxylic acids is 1. The van der Waals surface area contributed by atoms with E-state index in [0.717, 1.165) is 33.9 Å².